The Balaban J connectivity index is 1.37. The molecule has 5 rings (SSSR count). The van der Waals surface area contributed by atoms with Crippen molar-refractivity contribution in [1.29, 1.82) is 0 Å². The van der Waals surface area contributed by atoms with Gasteiger partial charge in [0.15, 0.2) is 17.0 Å². The van der Waals surface area contributed by atoms with Crippen LogP contribution < -0.4 is 4.90 Å². The molecule has 4 aromatic rings. The van der Waals surface area contributed by atoms with E-state index < -0.39 is 10.8 Å². The molecule has 0 saturated carbocycles. The maximum absolute atomic E-state index is 13.3. The molecule has 11 nitrogen and oxygen atoms in total. The average Bonchev–Trinajstić information content (AvgIpc) is 3.28. The van der Waals surface area contributed by atoms with Crippen LogP contribution in [0.5, 0.6) is 0 Å². The number of fused-ring (bicyclic) bond motifs is 1. The van der Waals surface area contributed by atoms with Crippen molar-refractivity contribution in [2.75, 3.05) is 31.1 Å². The number of amides is 1. The van der Waals surface area contributed by atoms with Crippen LogP contribution in [-0.4, -0.2) is 66.9 Å². The molecule has 1 aliphatic rings. The number of rotatable bonds is 4. The van der Waals surface area contributed by atoms with E-state index in [0.717, 1.165) is 0 Å². The van der Waals surface area contributed by atoms with Crippen molar-refractivity contribution in [3.05, 3.63) is 75.3 Å². The second-order valence-corrected chi connectivity index (χ2v) is 7.98. The summed E-state index contributed by atoms with van der Waals surface area (Å²) in [6, 6.07) is 9.73. The van der Waals surface area contributed by atoms with Crippen LogP contribution in [0.1, 0.15) is 10.4 Å². The van der Waals surface area contributed by atoms with Gasteiger partial charge >= 0.3 is 0 Å². The Kier molecular flexibility index (Phi) is 5.49. The molecule has 172 valence electrons. The van der Waals surface area contributed by atoms with E-state index in [0.29, 0.717) is 48.8 Å². The van der Waals surface area contributed by atoms with Gasteiger partial charge in [-0.2, -0.15) is 4.68 Å². The molecule has 0 unspecified atom stereocenters. The topological polar surface area (TPSA) is 123 Å². The minimum Gasteiger partial charge on any atom is -0.351 e. The summed E-state index contributed by atoms with van der Waals surface area (Å²) in [6.07, 6.45) is 1.40. The van der Waals surface area contributed by atoms with E-state index in [1.165, 1.54) is 41.3 Å². The van der Waals surface area contributed by atoms with E-state index in [4.69, 9.17) is 11.6 Å². The molecule has 0 atom stereocenters. The summed E-state index contributed by atoms with van der Waals surface area (Å²) in [5.41, 5.74) is 1.21. The summed E-state index contributed by atoms with van der Waals surface area (Å²) < 4.78 is 14.8. The minimum atomic E-state index is -0.595. The lowest BCUT2D eigenvalue weighted by Gasteiger charge is -2.35. The molecule has 0 bridgehead atoms. The van der Waals surface area contributed by atoms with E-state index in [9.17, 15) is 19.3 Å². The third kappa shape index (κ3) is 3.88. The molecule has 13 heteroatoms. The summed E-state index contributed by atoms with van der Waals surface area (Å²) >= 11 is 5.97. The number of hydrogen-bond acceptors (Lipinski definition) is 8. The molecule has 0 spiro atoms. The summed E-state index contributed by atoms with van der Waals surface area (Å²) in [6.45, 7) is 1.49. The molecule has 1 aliphatic heterocycles. The fourth-order valence-corrected chi connectivity index (χ4v) is 4.03. The lowest BCUT2D eigenvalue weighted by molar-refractivity contribution is -0.385. The minimum absolute atomic E-state index is 0.0439. The highest BCUT2D eigenvalue weighted by Crippen LogP contribution is 2.27. The summed E-state index contributed by atoms with van der Waals surface area (Å²) in [5.74, 6) is -0.262. The highest BCUT2D eigenvalue weighted by atomic mass is 35.5. The van der Waals surface area contributed by atoms with Crippen LogP contribution in [0.2, 0.25) is 5.02 Å². The third-order valence-corrected chi connectivity index (χ3v) is 5.78. The second-order valence-electron chi connectivity index (χ2n) is 7.54. The number of piperazine rings is 1. The number of halogens is 2. The number of nitrogens with zero attached hydrogens (tertiary/aromatic N) is 8. The number of nitro groups is 1. The van der Waals surface area contributed by atoms with Crippen molar-refractivity contribution in [3.8, 4) is 5.69 Å². The maximum Gasteiger partial charge on any atom is 0.282 e. The first-order chi connectivity index (χ1) is 16.4. The molecule has 2 aromatic carbocycles. The summed E-state index contributed by atoms with van der Waals surface area (Å²) in [5, 5.41) is 19.9. The highest BCUT2D eigenvalue weighted by Gasteiger charge is 2.29. The quantitative estimate of drug-likeness (QED) is 0.321. The number of hydrogen-bond donors (Lipinski definition) is 0. The van der Waals surface area contributed by atoms with E-state index in [1.54, 1.807) is 17.0 Å². The Morgan fingerprint density at radius 3 is 2.50 bits per heavy atom. The van der Waals surface area contributed by atoms with Crippen LogP contribution in [0, 0.1) is 15.9 Å². The number of benzene rings is 2. The van der Waals surface area contributed by atoms with Crippen molar-refractivity contribution < 1.29 is 14.1 Å². The molecule has 0 radical (unpaired) electrons. The van der Waals surface area contributed by atoms with Crippen LogP contribution in [0.4, 0.5) is 15.9 Å². The third-order valence-electron chi connectivity index (χ3n) is 5.54. The number of carbonyl (C=O) groups excluding carboxylic acids is 1. The van der Waals surface area contributed by atoms with Crippen LogP contribution in [-0.2, 0) is 0 Å². The molecule has 34 heavy (non-hydrogen) atoms. The number of carbonyl (C=O) groups is 1. The van der Waals surface area contributed by atoms with E-state index in [2.05, 4.69) is 20.3 Å². The number of aromatic nitrogens is 5. The molecule has 1 amide bonds. The first-order valence-electron chi connectivity index (χ1n) is 10.2. The number of nitro benzene ring substituents is 1. The Hall–Kier alpha value is -4.19. The monoisotopic (exact) mass is 482 g/mol. The SMILES string of the molecule is O=C(c1cc(Cl)ccc1[N+](=O)[O-])N1CCN(c2ncnc3c2nnn3-c2ccc(F)cc2)CC1. The van der Waals surface area contributed by atoms with Gasteiger partial charge in [0.25, 0.3) is 11.6 Å². The molecule has 3 heterocycles. The Labute approximate surface area is 196 Å². The van der Waals surface area contributed by atoms with Gasteiger partial charge in [0.2, 0.25) is 0 Å². The van der Waals surface area contributed by atoms with E-state index in [-0.39, 0.29) is 22.1 Å². The van der Waals surface area contributed by atoms with Gasteiger partial charge < -0.3 is 9.80 Å². The predicted octanol–water partition coefficient (Wildman–Crippen LogP) is 2.87. The molecular weight excluding hydrogens is 467 g/mol. The Morgan fingerprint density at radius 1 is 1.06 bits per heavy atom. The van der Waals surface area contributed by atoms with Gasteiger partial charge in [-0.15, -0.1) is 5.10 Å². The molecule has 0 N–H and O–H groups in total. The number of anilines is 1. The van der Waals surface area contributed by atoms with E-state index in [1.807, 2.05) is 4.90 Å². The first-order valence-corrected chi connectivity index (χ1v) is 10.6. The van der Waals surface area contributed by atoms with Gasteiger partial charge in [-0.05, 0) is 36.4 Å². The van der Waals surface area contributed by atoms with E-state index >= 15 is 0 Å². The zero-order valence-corrected chi connectivity index (χ0v) is 18.3. The highest BCUT2D eigenvalue weighted by molar-refractivity contribution is 6.31. The summed E-state index contributed by atoms with van der Waals surface area (Å²) in [4.78, 5) is 35.9. The molecule has 0 aliphatic carbocycles. The van der Waals surface area contributed by atoms with Gasteiger partial charge in [0.1, 0.15) is 17.7 Å². The van der Waals surface area contributed by atoms with Gasteiger partial charge in [0, 0.05) is 37.3 Å². The Bertz CT molecular complexity index is 1400. The summed E-state index contributed by atoms with van der Waals surface area (Å²) in [7, 11) is 0. The van der Waals surface area contributed by atoms with Crippen LogP contribution in [0.3, 0.4) is 0 Å². The average molecular weight is 483 g/mol. The smallest absolute Gasteiger partial charge is 0.282 e. The van der Waals surface area contributed by atoms with Crippen molar-refractivity contribution in [3.63, 3.8) is 0 Å². The standard InChI is InChI=1S/C21H16ClFN8O3/c22-13-1-6-17(31(33)34)16(11-13)21(32)29-9-7-28(8-10-29)19-18-20(25-12-24-19)30(27-26-18)15-4-2-14(23)3-5-15/h1-6,11-12H,7-10H2. The van der Waals surface area contributed by atoms with Crippen LogP contribution >= 0.6 is 11.6 Å². The largest absolute Gasteiger partial charge is 0.351 e. The lowest BCUT2D eigenvalue weighted by Crippen LogP contribution is -2.49. The molecular formula is C21H16ClFN8O3. The van der Waals surface area contributed by atoms with Crippen molar-refractivity contribution >= 4 is 40.2 Å². The van der Waals surface area contributed by atoms with Crippen molar-refractivity contribution in [2.24, 2.45) is 0 Å². The van der Waals surface area contributed by atoms with Gasteiger partial charge in [0.05, 0.1) is 10.6 Å². The predicted molar refractivity (Wildman–Crippen MR) is 121 cm³/mol. The zero-order chi connectivity index (χ0) is 23.8. The first kappa shape index (κ1) is 21.6. The zero-order valence-electron chi connectivity index (χ0n) is 17.5. The second kappa shape index (κ2) is 8.63. The molecule has 1 saturated heterocycles. The van der Waals surface area contributed by atoms with Gasteiger partial charge in [-0.25, -0.2) is 14.4 Å². The van der Waals surface area contributed by atoms with Gasteiger partial charge in [-0.1, -0.05) is 16.8 Å². The molecule has 2 aromatic heterocycles. The normalized spacial score (nSPS) is 13.9. The Morgan fingerprint density at radius 2 is 1.79 bits per heavy atom. The van der Waals surface area contributed by atoms with Crippen LogP contribution in [0.15, 0.2) is 48.8 Å². The molecule has 1 fully saturated rings. The maximum atomic E-state index is 13.3. The fourth-order valence-electron chi connectivity index (χ4n) is 3.85. The lowest BCUT2D eigenvalue weighted by atomic mass is 10.1. The fraction of sp³-hybridized carbons (Fsp3) is 0.190. The van der Waals surface area contributed by atoms with Crippen LogP contribution in [0.25, 0.3) is 16.9 Å². The van der Waals surface area contributed by atoms with Crippen molar-refractivity contribution in [2.45, 2.75) is 0 Å². The van der Waals surface area contributed by atoms with Crippen molar-refractivity contribution in [1.82, 2.24) is 29.9 Å². The van der Waals surface area contributed by atoms with Gasteiger partial charge in [-0.3, -0.25) is 14.9 Å².